The van der Waals surface area contributed by atoms with Crippen molar-refractivity contribution < 1.29 is 0 Å². The van der Waals surface area contributed by atoms with E-state index in [2.05, 4.69) is 20.8 Å². The highest BCUT2D eigenvalue weighted by Crippen LogP contribution is 2.38. The molecule has 4 heteroatoms. The van der Waals surface area contributed by atoms with Gasteiger partial charge < -0.3 is 0 Å². The number of rotatable bonds is 3. The Morgan fingerprint density at radius 1 is 1.17 bits per heavy atom. The number of hydrogen-bond acceptors (Lipinski definition) is 0. The molecule has 1 atom stereocenters. The van der Waals surface area contributed by atoms with E-state index >= 15 is 0 Å². The smallest absolute Gasteiger partial charge is 0.126 e. The Morgan fingerprint density at radius 3 is 1.83 bits per heavy atom. The summed E-state index contributed by atoms with van der Waals surface area (Å²) in [5.74, 6) is 0. The largest absolute Gasteiger partial charge is 0.344 e. The van der Waals surface area contributed by atoms with Gasteiger partial charge in [-0.25, -0.2) is 0 Å². The second-order valence-corrected chi connectivity index (χ2v) is 13.7. The summed E-state index contributed by atoms with van der Waals surface area (Å²) < 4.78 is 0. The molecule has 0 heterocycles. The lowest BCUT2D eigenvalue weighted by Gasteiger charge is -2.23. The Kier molecular flexibility index (Phi) is 4.95. The van der Waals surface area contributed by atoms with E-state index in [0.29, 0.717) is 5.41 Å². The Labute approximate surface area is 90.7 Å². The molecule has 0 aromatic rings. The quantitative estimate of drug-likeness (QED) is 0.494. The minimum Gasteiger partial charge on any atom is -0.126 e. The zero-order chi connectivity index (χ0) is 9.99. The van der Waals surface area contributed by atoms with E-state index < -0.39 is 6.00 Å². The first kappa shape index (κ1) is 13.1. The summed E-state index contributed by atoms with van der Waals surface area (Å²) in [4.78, 5) is 0. The second-order valence-electron chi connectivity index (χ2n) is 4.54. The normalized spacial score (nSPS) is 16.2. The average molecular weight is 248 g/mol. The summed E-state index contributed by atoms with van der Waals surface area (Å²) in [6.07, 6.45) is 2.14. The molecule has 0 N–H and O–H groups in total. The predicted octanol–water partition coefficient (Wildman–Crippen LogP) is 4.86. The van der Waals surface area contributed by atoms with Gasteiger partial charge in [-0.3, -0.25) is 0 Å². The number of hydrogen-bond donors (Lipinski definition) is 0. The molecule has 0 aromatic heterocycles. The summed E-state index contributed by atoms with van der Waals surface area (Å²) in [6, 6.07) is -2.44. The molecule has 0 spiro atoms. The molecule has 12 heavy (non-hydrogen) atoms. The van der Waals surface area contributed by atoms with Gasteiger partial charge in [0, 0.05) is 0 Å². The fourth-order valence-corrected chi connectivity index (χ4v) is 2.27. The molecular weight excluding hydrogens is 231 g/mol. The lowest BCUT2D eigenvalue weighted by atomic mass is 9.90. The van der Waals surface area contributed by atoms with Crippen LogP contribution in [0.1, 0.15) is 40.5 Å². The van der Waals surface area contributed by atoms with Crippen molar-refractivity contribution in [3.8, 4) is 0 Å². The van der Waals surface area contributed by atoms with Crippen molar-refractivity contribution in [3.63, 3.8) is 0 Å². The van der Waals surface area contributed by atoms with E-state index in [9.17, 15) is 0 Å². The van der Waals surface area contributed by atoms with Crippen molar-refractivity contribution in [2.45, 2.75) is 46.1 Å². The number of halogens is 3. The van der Waals surface area contributed by atoms with Gasteiger partial charge >= 0.3 is 6.00 Å². The third-order valence-corrected chi connectivity index (χ3v) is 6.65. The van der Waals surface area contributed by atoms with Gasteiger partial charge in [0.15, 0.2) is 0 Å². The summed E-state index contributed by atoms with van der Waals surface area (Å²) in [6.45, 7) is 8.66. The molecule has 0 aliphatic rings. The monoisotopic (exact) mass is 246 g/mol. The van der Waals surface area contributed by atoms with Crippen molar-refractivity contribution >= 4 is 39.2 Å². The van der Waals surface area contributed by atoms with Crippen LogP contribution < -0.4 is 0 Å². The molecular formula is C8H17Cl3Si. The molecule has 0 aliphatic heterocycles. The molecule has 0 aliphatic carbocycles. The first-order valence-corrected chi connectivity index (χ1v) is 9.31. The maximum atomic E-state index is 5.88. The first-order valence-electron chi connectivity index (χ1n) is 4.19. The van der Waals surface area contributed by atoms with Crippen molar-refractivity contribution in [2.75, 3.05) is 0 Å². The summed E-state index contributed by atoms with van der Waals surface area (Å²) in [5, 5.41) is 0. The van der Waals surface area contributed by atoms with Gasteiger partial charge in [-0.15, -0.1) is 33.2 Å². The third kappa shape index (κ3) is 6.59. The Morgan fingerprint density at radius 2 is 1.58 bits per heavy atom. The van der Waals surface area contributed by atoms with Crippen LogP contribution >= 0.6 is 33.2 Å². The van der Waals surface area contributed by atoms with Crippen molar-refractivity contribution in [1.82, 2.24) is 0 Å². The molecule has 0 radical (unpaired) electrons. The van der Waals surface area contributed by atoms with Crippen LogP contribution in [0, 0.1) is 5.41 Å². The van der Waals surface area contributed by atoms with Crippen LogP contribution in [-0.2, 0) is 0 Å². The molecule has 0 aromatic carbocycles. The van der Waals surface area contributed by atoms with E-state index in [4.69, 9.17) is 33.2 Å². The van der Waals surface area contributed by atoms with Crippen LogP contribution in [0.3, 0.4) is 0 Å². The van der Waals surface area contributed by atoms with Crippen LogP contribution in [0.4, 0.5) is 0 Å². The highest BCUT2D eigenvalue weighted by molar-refractivity contribution is 7.65. The lowest BCUT2D eigenvalue weighted by Crippen LogP contribution is -2.19. The van der Waals surface area contributed by atoms with Crippen molar-refractivity contribution in [3.05, 3.63) is 0 Å². The Balaban J connectivity index is 3.80. The maximum Gasteiger partial charge on any atom is 0.344 e. The van der Waals surface area contributed by atoms with Gasteiger partial charge in [-0.05, 0) is 23.8 Å². The van der Waals surface area contributed by atoms with Crippen LogP contribution in [0.15, 0.2) is 0 Å². The molecule has 0 bridgehead atoms. The second kappa shape index (κ2) is 4.54. The van der Waals surface area contributed by atoms with Gasteiger partial charge in [0.25, 0.3) is 0 Å². The third-order valence-electron chi connectivity index (χ3n) is 1.89. The van der Waals surface area contributed by atoms with Crippen molar-refractivity contribution in [2.24, 2.45) is 5.41 Å². The van der Waals surface area contributed by atoms with Crippen LogP contribution in [-0.4, -0.2) is 6.00 Å². The van der Waals surface area contributed by atoms with E-state index in [1.165, 1.54) is 0 Å². The van der Waals surface area contributed by atoms with Crippen LogP contribution in [0.5, 0.6) is 0 Å². The average Bonchev–Trinajstić information content (AvgIpc) is 1.78. The molecule has 0 fully saturated rings. The van der Waals surface area contributed by atoms with Gasteiger partial charge in [0.05, 0.1) is 0 Å². The zero-order valence-electron chi connectivity index (χ0n) is 8.13. The lowest BCUT2D eigenvalue weighted by molar-refractivity contribution is 0.363. The fraction of sp³-hybridized carbons (Fsp3) is 1.00. The van der Waals surface area contributed by atoms with Gasteiger partial charge in [-0.2, -0.15) is 0 Å². The molecule has 0 rings (SSSR count). The minimum absolute atomic E-state index is 0.265. The van der Waals surface area contributed by atoms with Gasteiger partial charge in [0.2, 0.25) is 0 Å². The molecule has 0 saturated heterocycles. The summed E-state index contributed by atoms with van der Waals surface area (Å²) in [5.41, 5.74) is 0.611. The molecule has 1 unspecified atom stereocenters. The Bertz CT molecular complexity index is 134. The highest BCUT2D eigenvalue weighted by Gasteiger charge is 2.33. The zero-order valence-corrected chi connectivity index (χ0v) is 11.4. The molecule has 74 valence electrons. The van der Waals surface area contributed by atoms with E-state index in [0.717, 1.165) is 12.8 Å². The minimum atomic E-state index is -2.44. The van der Waals surface area contributed by atoms with E-state index in [1.54, 1.807) is 0 Å². The predicted molar refractivity (Wildman–Crippen MR) is 61.4 cm³/mol. The standard InChI is InChI=1S/C8H17Cl3Si/c1-7(12(9,10)11)5-6-8(2,3)4/h7H,5-6H2,1-4H3. The molecule has 0 saturated carbocycles. The van der Waals surface area contributed by atoms with Gasteiger partial charge in [0.1, 0.15) is 0 Å². The van der Waals surface area contributed by atoms with E-state index in [-0.39, 0.29) is 5.54 Å². The molecule has 0 amide bonds. The first-order chi connectivity index (χ1) is 5.13. The topological polar surface area (TPSA) is 0 Å². The fourth-order valence-electron chi connectivity index (χ4n) is 0.813. The van der Waals surface area contributed by atoms with Crippen molar-refractivity contribution in [1.29, 1.82) is 0 Å². The molecule has 0 nitrogen and oxygen atoms in total. The van der Waals surface area contributed by atoms with Crippen LogP contribution in [0.2, 0.25) is 5.54 Å². The maximum absolute atomic E-state index is 5.88. The Hall–Kier alpha value is 1.09. The van der Waals surface area contributed by atoms with Crippen LogP contribution in [0.25, 0.3) is 0 Å². The SMILES string of the molecule is CC(CCC(C)(C)C)[Si](Cl)(Cl)Cl. The highest BCUT2D eigenvalue weighted by atomic mass is 35.8. The van der Waals surface area contributed by atoms with E-state index in [1.807, 2.05) is 6.92 Å². The summed E-state index contributed by atoms with van der Waals surface area (Å²) >= 11 is 17.6. The van der Waals surface area contributed by atoms with Gasteiger partial charge in [-0.1, -0.05) is 27.7 Å². The summed E-state index contributed by atoms with van der Waals surface area (Å²) in [7, 11) is 0.